The summed E-state index contributed by atoms with van der Waals surface area (Å²) in [6, 6.07) is 6.75. The summed E-state index contributed by atoms with van der Waals surface area (Å²) in [7, 11) is 0. The van der Waals surface area contributed by atoms with Crippen LogP contribution in [0.1, 0.15) is 31.2 Å². The highest BCUT2D eigenvalue weighted by Gasteiger charge is 2.46. The van der Waals surface area contributed by atoms with Gasteiger partial charge in [-0.1, -0.05) is 15.9 Å². The third kappa shape index (κ3) is 2.93. The molecule has 1 heterocycles. The maximum atomic E-state index is 10.0. The first kappa shape index (κ1) is 15.0. The predicted octanol–water partition coefficient (Wildman–Crippen LogP) is 0.627. The van der Waals surface area contributed by atoms with Crippen molar-refractivity contribution < 1.29 is 14.9 Å². The van der Waals surface area contributed by atoms with Gasteiger partial charge in [0.2, 0.25) is 0 Å². The van der Waals surface area contributed by atoms with Crippen molar-refractivity contribution in [2.24, 2.45) is 11.8 Å². The van der Waals surface area contributed by atoms with Gasteiger partial charge < -0.3 is 14.9 Å². The Morgan fingerprint density at radius 2 is 1.91 bits per heavy atom. The lowest BCUT2D eigenvalue weighted by Crippen LogP contribution is -3.29. The minimum atomic E-state index is 0.443. The van der Waals surface area contributed by atoms with E-state index in [1.54, 1.807) is 11.0 Å². The third-order valence-corrected chi connectivity index (χ3v) is 6.84. The number of nitrogens with one attached hydrogen (secondary N) is 2. The van der Waals surface area contributed by atoms with E-state index in [0.717, 1.165) is 34.5 Å². The molecule has 3 aliphatic rings. The van der Waals surface area contributed by atoms with Gasteiger partial charge >= 0.3 is 0 Å². The molecule has 0 amide bonds. The van der Waals surface area contributed by atoms with Gasteiger partial charge in [-0.3, -0.25) is 0 Å². The summed E-state index contributed by atoms with van der Waals surface area (Å²) in [6.07, 6.45) is 6.04. The van der Waals surface area contributed by atoms with Gasteiger partial charge in [-0.25, -0.2) is 0 Å². The van der Waals surface area contributed by atoms with Gasteiger partial charge in [0.25, 0.3) is 0 Å². The second kappa shape index (κ2) is 6.14. The molecule has 22 heavy (non-hydrogen) atoms. The SMILES string of the molecule is Oc1ccc(Br)cc1C[NH+]1CC[NH+]([C@@H]2C[C@H]3CC[C@@H]2C3)CC1. The Hall–Kier alpha value is -0.580. The summed E-state index contributed by atoms with van der Waals surface area (Å²) in [4.78, 5) is 3.51. The molecule has 0 aromatic heterocycles. The van der Waals surface area contributed by atoms with Gasteiger partial charge in [-0.2, -0.15) is 0 Å². The lowest BCUT2D eigenvalue weighted by atomic mass is 9.93. The molecule has 1 aromatic rings. The van der Waals surface area contributed by atoms with Crippen molar-refractivity contribution in [3.8, 4) is 5.75 Å². The first-order chi connectivity index (χ1) is 10.7. The van der Waals surface area contributed by atoms with Crippen molar-refractivity contribution in [3.05, 3.63) is 28.2 Å². The summed E-state index contributed by atoms with van der Waals surface area (Å²) in [5.41, 5.74) is 1.08. The number of hydrogen-bond donors (Lipinski definition) is 3. The van der Waals surface area contributed by atoms with E-state index >= 15 is 0 Å². The maximum absolute atomic E-state index is 10.0. The summed E-state index contributed by atoms with van der Waals surface area (Å²) >= 11 is 3.51. The van der Waals surface area contributed by atoms with Crippen LogP contribution in [0.4, 0.5) is 0 Å². The number of hydrogen-bond acceptors (Lipinski definition) is 1. The Morgan fingerprint density at radius 3 is 2.59 bits per heavy atom. The van der Waals surface area contributed by atoms with Crippen LogP contribution in [-0.2, 0) is 6.54 Å². The topological polar surface area (TPSA) is 29.1 Å². The number of quaternary nitrogens is 2. The fourth-order valence-corrected chi connectivity index (χ4v) is 5.59. The zero-order valence-corrected chi connectivity index (χ0v) is 14.7. The molecule has 0 spiro atoms. The van der Waals surface area contributed by atoms with Crippen LogP contribution in [0.3, 0.4) is 0 Å². The van der Waals surface area contributed by atoms with Crippen molar-refractivity contribution in [2.75, 3.05) is 26.2 Å². The van der Waals surface area contributed by atoms with E-state index in [1.165, 1.54) is 51.9 Å². The fourth-order valence-electron chi connectivity index (χ4n) is 5.18. The van der Waals surface area contributed by atoms with E-state index in [4.69, 9.17) is 0 Å². The van der Waals surface area contributed by atoms with Crippen molar-refractivity contribution in [1.29, 1.82) is 0 Å². The Balaban J connectivity index is 1.33. The lowest BCUT2D eigenvalue weighted by molar-refractivity contribution is -1.03. The molecule has 120 valence electrons. The molecule has 1 aliphatic heterocycles. The molecule has 4 rings (SSSR count). The number of piperazine rings is 1. The van der Waals surface area contributed by atoms with Crippen LogP contribution >= 0.6 is 15.9 Å². The number of phenols is 1. The molecule has 2 aliphatic carbocycles. The lowest BCUT2D eigenvalue weighted by Gasteiger charge is -2.36. The molecule has 2 bridgehead atoms. The number of halogens is 1. The normalized spacial score (nSPS) is 37.6. The first-order valence-electron chi connectivity index (χ1n) is 8.84. The van der Waals surface area contributed by atoms with Gasteiger partial charge in [0.1, 0.15) is 38.5 Å². The zero-order chi connectivity index (χ0) is 15.1. The van der Waals surface area contributed by atoms with Gasteiger partial charge in [0, 0.05) is 22.4 Å². The second-order valence-electron chi connectivity index (χ2n) is 7.64. The molecule has 0 radical (unpaired) electrons. The molecule has 0 unspecified atom stereocenters. The highest BCUT2D eigenvalue weighted by atomic mass is 79.9. The smallest absolute Gasteiger partial charge is 0.127 e. The van der Waals surface area contributed by atoms with E-state index in [9.17, 15) is 5.11 Å². The highest BCUT2D eigenvalue weighted by molar-refractivity contribution is 9.10. The fraction of sp³-hybridized carbons (Fsp3) is 0.667. The maximum Gasteiger partial charge on any atom is 0.127 e. The summed E-state index contributed by atoms with van der Waals surface area (Å²) in [6.45, 7) is 6.08. The highest BCUT2D eigenvalue weighted by Crippen LogP contribution is 2.43. The van der Waals surface area contributed by atoms with Crippen LogP contribution in [0.15, 0.2) is 22.7 Å². The number of phenolic OH excluding ortho intramolecular Hbond substituents is 1. The number of aromatic hydroxyl groups is 1. The second-order valence-corrected chi connectivity index (χ2v) is 8.56. The minimum absolute atomic E-state index is 0.443. The molecule has 3 atom stereocenters. The monoisotopic (exact) mass is 366 g/mol. The zero-order valence-electron chi connectivity index (χ0n) is 13.2. The van der Waals surface area contributed by atoms with Gasteiger partial charge in [-0.15, -0.1) is 0 Å². The summed E-state index contributed by atoms with van der Waals surface area (Å²) < 4.78 is 1.06. The standard InChI is InChI=1S/C18H25BrN2O/c19-16-3-4-18(22)15(11-16)12-20-5-7-21(8-6-20)17-10-13-1-2-14(17)9-13/h3-4,11,13-14,17,22H,1-2,5-10,12H2/p+2/t13-,14+,17+/m0/s1. The summed E-state index contributed by atoms with van der Waals surface area (Å²) in [5, 5.41) is 10.0. The Morgan fingerprint density at radius 1 is 1.09 bits per heavy atom. The van der Waals surface area contributed by atoms with Crippen LogP contribution in [0.25, 0.3) is 0 Å². The average molecular weight is 367 g/mol. The van der Waals surface area contributed by atoms with Crippen molar-refractivity contribution in [3.63, 3.8) is 0 Å². The third-order valence-electron chi connectivity index (χ3n) is 6.34. The largest absolute Gasteiger partial charge is 0.507 e. The molecule has 3 N–H and O–H groups in total. The van der Waals surface area contributed by atoms with Gasteiger partial charge in [0.05, 0.1) is 6.04 Å². The average Bonchev–Trinajstić information content (AvgIpc) is 3.15. The minimum Gasteiger partial charge on any atom is -0.507 e. The van der Waals surface area contributed by atoms with Crippen molar-refractivity contribution in [1.82, 2.24) is 0 Å². The van der Waals surface area contributed by atoms with E-state index in [1.807, 2.05) is 11.0 Å². The van der Waals surface area contributed by atoms with Crippen LogP contribution in [0, 0.1) is 11.8 Å². The van der Waals surface area contributed by atoms with E-state index < -0.39 is 0 Å². The molecule has 4 heteroatoms. The van der Waals surface area contributed by atoms with Crippen LogP contribution in [0.5, 0.6) is 5.75 Å². The molecule has 1 aromatic carbocycles. The Bertz CT molecular complexity index is 542. The van der Waals surface area contributed by atoms with Crippen LogP contribution in [0.2, 0.25) is 0 Å². The Kier molecular flexibility index (Phi) is 4.18. The van der Waals surface area contributed by atoms with E-state index in [0.29, 0.717) is 5.75 Å². The molecule has 2 saturated carbocycles. The number of benzene rings is 1. The van der Waals surface area contributed by atoms with E-state index in [-0.39, 0.29) is 0 Å². The van der Waals surface area contributed by atoms with Crippen LogP contribution < -0.4 is 9.80 Å². The van der Waals surface area contributed by atoms with Crippen molar-refractivity contribution >= 4 is 15.9 Å². The van der Waals surface area contributed by atoms with Gasteiger partial charge in [-0.05, 0) is 43.4 Å². The van der Waals surface area contributed by atoms with Gasteiger partial charge in [0.15, 0.2) is 0 Å². The molecular weight excluding hydrogens is 340 g/mol. The number of fused-ring (bicyclic) bond motifs is 2. The molecule has 3 fully saturated rings. The van der Waals surface area contributed by atoms with Crippen LogP contribution in [-0.4, -0.2) is 37.3 Å². The predicted molar refractivity (Wildman–Crippen MR) is 90.1 cm³/mol. The number of rotatable bonds is 3. The summed E-state index contributed by atoms with van der Waals surface area (Å²) in [5.74, 6) is 2.54. The van der Waals surface area contributed by atoms with E-state index in [2.05, 4.69) is 22.0 Å². The Labute approximate surface area is 141 Å². The molecule has 1 saturated heterocycles. The van der Waals surface area contributed by atoms with Crippen molar-refractivity contribution in [2.45, 2.75) is 38.3 Å². The quantitative estimate of drug-likeness (QED) is 0.719. The molecular formula is C18H27BrN2O+2. The molecule has 3 nitrogen and oxygen atoms in total. The first-order valence-corrected chi connectivity index (χ1v) is 9.64.